The largest absolute Gasteiger partial charge is 0.461 e. The van der Waals surface area contributed by atoms with Crippen molar-refractivity contribution in [2.75, 3.05) is 61.3 Å². The summed E-state index contributed by atoms with van der Waals surface area (Å²) >= 11 is 0. The standard InChI is InChI=1S/C25H28F3N9O/c26-25(27,28)18-5-7-19(8-6-18)35-12-10-34(11-13-35)15-17-3-1-9-36(16-17)23-31-22(29)37-24(32-23)30-21(33-37)20-4-2-14-38-20/h2,4-8,14,17H,1,3,9-13,15-16H2,(H2,29,30,31,32,33). The van der Waals surface area contributed by atoms with E-state index in [1.165, 1.54) is 4.52 Å². The van der Waals surface area contributed by atoms with Crippen molar-refractivity contribution in [3.05, 3.63) is 48.2 Å². The summed E-state index contributed by atoms with van der Waals surface area (Å²) in [5.74, 6) is 2.52. The van der Waals surface area contributed by atoms with Gasteiger partial charge in [0, 0.05) is 51.5 Å². The number of piperidine rings is 1. The minimum atomic E-state index is -4.31. The fourth-order valence-corrected chi connectivity index (χ4v) is 5.26. The van der Waals surface area contributed by atoms with Crippen LogP contribution in [0.3, 0.4) is 0 Å². The lowest BCUT2D eigenvalue weighted by atomic mass is 9.97. The van der Waals surface area contributed by atoms with E-state index in [-0.39, 0.29) is 5.95 Å². The molecule has 200 valence electrons. The second-order valence-electron chi connectivity index (χ2n) is 9.79. The van der Waals surface area contributed by atoms with Crippen LogP contribution >= 0.6 is 0 Å². The highest BCUT2D eigenvalue weighted by Crippen LogP contribution is 2.31. The topological polar surface area (TPSA) is 105 Å². The molecule has 38 heavy (non-hydrogen) atoms. The lowest BCUT2D eigenvalue weighted by Gasteiger charge is -2.40. The number of nitrogen functional groups attached to an aromatic ring is 1. The summed E-state index contributed by atoms with van der Waals surface area (Å²) in [7, 11) is 0. The minimum absolute atomic E-state index is 0.219. The van der Waals surface area contributed by atoms with Crippen LogP contribution in [0.5, 0.6) is 0 Å². The Morgan fingerprint density at radius 3 is 2.45 bits per heavy atom. The molecule has 0 amide bonds. The Bertz CT molecular complexity index is 1380. The molecule has 2 N–H and O–H groups in total. The van der Waals surface area contributed by atoms with Gasteiger partial charge >= 0.3 is 6.18 Å². The first-order valence-electron chi connectivity index (χ1n) is 12.7. The van der Waals surface area contributed by atoms with Gasteiger partial charge in [0.25, 0.3) is 5.78 Å². The van der Waals surface area contributed by atoms with Gasteiger partial charge in [-0.1, -0.05) is 0 Å². The molecule has 0 bridgehead atoms. The zero-order chi connectivity index (χ0) is 26.3. The first-order chi connectivity index (χ1) is 18.3. The van der Waals surface area contributed by atoms with E-state index < -0.39 is 11.7 Å². The maximum Gasteiger partial charge on any atom is 0.416 e. The van der Waals surface area contributed by atoms with Crippen molar-refractivity contribution in [1.82, 2.24) is 29.5 Å². The molecule has 3 aromatic heterocycles. The maximum atomic E-state index is 12.9. The fraction of sp³-hybridized carbons (Fsp3) is 0.440. The van der Waals surface area contributed by atoms with Gasteiger partial charge in [0.1, 0.15) is 0 Å². The summed E-state index contributed by atoms with van der Waals surface area (Å²) in [5.41, 5.74) is 6.40. The van der Waals surface area contributed by atoms with E-state index in [0.717, 1.165) is 76.5 Å². The van der Waals surface area contributed by atoms with Gasteiger partial charge in [-0.05, 0) is 55.2 Å². The molecule has 0 radical (unpaired) electrons. The SMILES string of the molecule is Nc1nc(N2CCCC(CN3CCN(c4ccc(C(F)(F)F)cc4)CC3)C2)nc2nc(-c3ccco3)nn12. The molecule has 1 atom stereocenters. The lowest BCUT2D eigenvalue weighted by molar-refractivity contribution is -0.137. The quantitative estimate of drug-likeness (QED) is 0.418. The van der Waals surface area contributed by atoms with Crippen LogP contribution in [-0.2, 0) is 6.18 Å². The monoisotopic (exact) mass is 527 g/mol. The first kappa shape index (κ1) is 24.5. The van der Waals surface area contributed by atoms with E-state index in [0.29, 0.717) is 29.2 Å². The van der Waals surface area contributed by atoms with Gasteiger partial charge < -0.3 is 20.0 Å². The zero-order valence-corrected chi connectivity index (χ0v) is 20.7. The van der Waals surface area contributed by atoms with Crippen LogP contribution in [0.4, 0.5) is 30.8 Å². The summed E-state index contributed by atoms with van der Waals surface area (Å²) in [4.78, 5) is 20.3. The van der Waals surface area contributed by atoms with Crippen molar-refractivity contribution in [3.8, 4) is 11.6 Å². The number of benzene rings is 1. The number of hydrogen-bond acceptors (Lipinski definition) is 9. The van der Waals surface area contributed by atoms with Crippen molar-refractivity contribution in [2.45, 2.75) is 19.0 Å². The van der Waals surface area contributed by atoms with Crippen molar-refractivity contribution in [2.24, 2.45) is 5.92 Å². The van der Waals surface area contributed by atoms with Gasteiger partial charge in [-0.15, -0.1) is 5.10 Å². The van der Waals surface area contributed by atoms with E-state index in [1.807, 2.05) is 0 Å². The lowest BCUT2D eigenvalue weighted by Crippen LogP contribution is -2.49. The molecular weight excluding hydrogens is 499 g/mol. The average molecular weight is 528 g/mol. The molecule has 1 aromatic carbocycles. The third kappa shape index (κ3) is 4.97. The Labute approximate surface area is 216 Å². The van der Waals surface area contributed by atoms with Crippen LogP contribution in [0, 0.1) is 5.92 Å². The number of nitrogens with two attached hydrogens (primary N) is 1. The minimum Gasteiger partial charge on any atom is -0.461 e. The summed E-state index contributed by atoms with van der Waals surface area (Å²) in [6.07, 6.45) is -0.619. The predicted octanol–water partition coefficient (Wildman–Crippen LogP) is 3.42. The molecule has 2 aliphatic rings. The normalized spacial score (nSPS) is 19.4. The van der Waals surface area contributed by atoms with Crippen LogP contribution in [0.2, 0.25) is 0 Å². The summed E-state index contributed by atoms with van der Waals surface area (Å²) < 4.78 is 45.4. The van der Waals surface area contributed by atoms with Gasteiger partial charge in [0.2, 0.25) is 17.7 Å². The molecule has 4 aromatic rings. The maximum absolute atomic E-state index is 12.9. The molecule has 0 spiro atoms. The molecule has 0 aliphatic carbocycles. The highest BCUT2D eigenvalue weighted by molar-refractivity contribution is 5.53. The number of hydrogen-bond donors (Lipinski definition) is 1. The smallest absolute Gasteiger partial charge is 0.416 e. The van der Waals surface area contributed by atoms with Crippen LogP contribution in [0.25, 0.3) is 17.4 Å². The molecule has 2 fully saturated rings. The third-order valence-electron chi connectivity index (χ3n) is 7.21. The number of furan rings is 1. The molecule has 10 nitrogen and oxygen atoms in total. The Hall–Kier alpha value is -3.87. The van der Waals surface area contributed by atoms with Crippen molar-refractivity contribution >= 4 is 23.4 Å². The van der Waals surface area contributed by atoms with Crippen molar-refractivity contribution < 1.29 is 17.6 Å². The molecule has 13 heteroatoms. The Balaban J connectivity index is 1.07. The Morgan fingerprint density at radius 1 is 0.947 bits per heavy atom. The fourth-order valence-electron chi connectivity index (χ4n) is 5.26. The molecule has 2 aliphatic heterocycles. The summed E-state index contributed by atoms with van der Waals surface area (Å²) in [6.45, 7) is 5.89. The summed E-state index contributed by atoms with van der Waals surface area (Å²) in [6, 6.07) is 8.98. The van der Waals surface area contributed by atoms with E-state index >= 15 is 0 Å². The molecule has 6 rings (SSSR count). The van der Waals surface area contributed by atoms with Gasteiger partial charge in [0.05, 0.1) is 11.8 Å². The second kappa shape index (κ2) is 9.78. The van der Waals surface area contributed by atoms with Crippen LogP contribution in [0.1, 0.15) is 18.4 Å². The highest BCUT2D eigenvalue weighted by Gasteiger charge is 2.31. The zero-order valence-electron chi connectivity index (χ0n) is 20.7. The van der Waals surface area contributed by atoms with Crippen LogP contribution in [-0.4, -0.2) is 75.3 Å². The van der Waals surface area contributed by atoms with E-state index in [1.54, 1.807) is 30.5 Å². The third-order valence-corrected chi connectivity index (χ3v) is 7.21. The van der Waals surface area contributed by atoms with E-state index in [4.69, 9.17) is 10.2 Å². The van der Waals surface area contributed by atoms with Gasteiger partial charge in [-0.3, -0.25) is 4.90 Å². The predicted molar refractivity (Wildman–Crippen MR) is 136 cm³/mol. The number of fused-ring (bicyclic) bond motifs is 1. The Kier molecular flexibility index (Phi) is 6.30. The van der Waals surface area contributed by atoms with Crippen LogP contribution in [0.15, 0.2) is 47.1 Å². The second-order valence-corrected chi connectivity index (χ2v) is 9.79. The highest BCUT2D eigenvalue weighted by atomic mass is 19.4. The number of nitrogens with zero attached hydrogens (tertiary/aromatic N) is 8. The van der Waals surface area contributed by atoms with Crippen molar-refractivity contribution in [1.29, 1.82) is 0 Å². The van der Waals surface area contributed by atoms with E-state index in [9.17, 15) is 13.2 Å². The molecule has 5 heterocycles. The van der Waals surface area contributed by atoms with Crippen molar-refractivity contribution in [3.63, 3.8) is 0 Å². The van der Waals surface area contributed by atoms with Crippen LogP contribution < -0.4 is 15.5 Å². The number of halogens is 3. The average Bonchev–Trinajstić information content (AvgIpc) is 3.60. The molecule has 2 saturated heterocycles. The van der Waals surface area contributed by atoms with Gasteiger partial charge in [0.15, 0.2) is 5.76 Å². The number of aromatic nitrogens is 5. The number of anilines is 3. The Morgan fingerprint density at radius 2 is 1.74 bits per heavy atom. The van der Waals surface area contributed by atoms with Gasteiger partial charge in [-0.2, -0.15) is 32.6 Å². The first-order valence-corrected chi connectivity index (χ1v) is 12.7. The number of rotatable bonds is 5. The van der Waals surface area contributed by atoms with E-state index in [2.05, 4.69) is 34.8 Å². The number of piperazine rings is 1. The summed E-state index contributed by atoms with van der Waals surface area (Å²) in [5, 5.41) is 4.36. The molecular formula is C25H28F3N9O. The molecule has 1 unspecified atom stereocenters. The van der Waals surface area contributed by atoms with Gasteiger partial charge in [-0.25, -0.2) is 0 Å². The molecule has 0 saturated carbocycles. The number of alkyl halides is 3.